The Labute approximate surface area is 180 Å². The summed E-state index contributed by atoms with van der Waals surface area (Å²) in [5.41, 5.74) is 1.59. The van der Waals surface area contributed by atoms with Crippen LogP contribution in [0.4, 0.5) is 20.6 Å². The Morgan fingerprint density at radius 1 is 1.16 bits per heavy atom. The van der Waals surface area contributed by atoms with Crippen molar-refractivity contribution in [2.24, 2.45) is 0 Å². The van der Waals surface area contributed by atoms with Gasteiger partial charge in [0.15, 0.2) is 0 Å². The molecule has 0 atom stereocenters. The SMILES string of the molecule is CCS(=O)(=O)N1CCN(Cc2cc(F)cc(NC(=O)Nc3ccc(C#N)nc3)c2)CC1. The van der Waals surface area contributed by atoms with E-state index >= 15 is 0 Å². The molecule has 1 aliphatic rings. The van der Waals surface area contributed by atoms with Crippen LogP contribution in [0.5, 0.6) is 0 Å². The Bertz CT molecular complexity index is 1080. The fraction of sp³-hybridized carbons (Fsp3) is 0.350. The zero-order valence-electron chi connectivity index (χ0n) is 17.0. The van der Waals surface area contributed by atoms with Crippen molar-refractivity contribution >= 4 is 27.4 Å². The number of pyridine rings is 1. The minimum absolute atomic E-state index is 0.0759. The lowest BCUT2D eigenvalue weighted by molar-refractivity contribution is 0.181. The van der Waals surface area contributed by atoms with Gasteiger partial charge < -0.3 is 10.6 Å². The second kappa shape index (κ2) is 9.82. The highest BCUT2D eigenvalue weighted by atomic mass is 32.2. The fourth-order valence-corrected chi connectivity index (χ4v) is 4.33. The molecule has 2 N–H and O–H groups in total. The molecule has 0 radical (unpaired) electrons. The molecule has 0 spiro atoms. The molecule has 1 aromatic heterocycles. The van der Waals surface area contributed by atoms with Crippen molar-refractivity contribution in [2.75, 3.05) is 42.6 Å². The number of amides is 2. The van der Waals surface area contributed by atoms with Gasteiger partial charge in [-0.25, -0.2) is 22.6 Å². The van der Waals surface area contributed by atoms with Gasteiger partial charge in [-0.3, -0.25) is 4.90 Å². The maximum atomic E-state index is 14.1. The third-order valence-electron chi connectivity index (χ3n) is 4.85. The molecule has 3 rings (SSSR count). The Morgan fingerprint density at radius 3 is 2.48 bits per heavy atom. The lowest BCUT2D eigenvalue weighted by Crippen LogP contribution is -2.48. The molecule has 2 heterocycles. The third kappa shape index (κ3) is 6.21. The average Bonchev–Trinajstić information content (AvgIpc) is 2.74. The molecule has 31 heavy (non-hydrogen) atoms. The highest BCUT2D eigenvalue weighted by Crippen LogP contribution is 2.18. The molecule has 2 amide bonds. The summed E-state index contributed by atoms with van der Waals surface area (Å²) in [4.78, 5) is 18.1. The Balaban J connectivity index is 1.58. The van der Waals surface area contributed by atoms with Crippen molar-refractivity contribution in [3.8, 4) is 6.07 Å². The first kappa shape index (κ1) is 22.6. The van der Waals surface area contributed by atoms with Crippen LogP contribution in [0.2, 0.25) is 0 Å². The number of nitriles is 1. The molecule has 1 saturated heterocycles. The fourth-order valence-electron chi connectivity index (χ4n) is 3.25. The first-order chi connectivity index (χ1) is 14.8. The monoisotopic (exact) mass is 446 g/mol. The highest BCUT2D eigenvalue weighted by molar-refractivity contribution is 7.89. The van der Waals surface area contributed by atoms with E-state index in [2.05, 4.69) is 15.6 Å². The van der Waals surface area contributed by atoms with E-state index in [9.17, 15) is 17.6 Å². The predicted molar refractivity (Wildman–Crippen MR) is 114 cm³/mol. The van der Waals surface area contributed by atoms with Crippen LogP contribution >= 0.6 is 0 Å². The number of carbonyl (C=O) groups excluding carboxylic acids is 1. The van der Waals surface area contributed by atoms with Crippen molar-refractivity contribution in [1.82, 2.24) is 14.2 Å². The summed E-state index contributed by atoms with van der Waals surface area (Å²) in [6, 6.07) is 8.62. The van der Waals surface area contributed by atoms with Crippen LogP contribution in [-0.4, -0.2) is 60.6 Å². The number of rotatable bonds is 6. The van der Waals surface area contributed by atoms with Gasteiger partial charge in [0, 0.05) is 38.4 Å². The molecule has 11 heteroatoms. The number of sulfonamides is 1. The number of piperazine rings is 1. The number of nitrogens with one attached hydrogen (secondary N) is 2. The molecule has 9 nitrogen and oxygen atoms in total. The number of anilines is 2. The largest absolute Gasteiger partial charge is 0.323 e. The molecule has 0 saturated carbocycles. The van der Waals surface area contributed by atoms with Crippen molar-refractivity contribution in [2.45, 2.75) is 13.5 Å². The standard InChI is InChI=1S/C20H23FN6O3S/c1-2-31(29,30)27-7-5-26(6-8-27)14-15-9-16(21)11-19(10-15)25-20(28)24-18-4-3-17(12-22)23-13-18/h3-4,9-11,13H,2,5-8,14H2,1H3,(H2,24,25,28). The van der Waals surface area contributed by atoms with Crippen molar-refractivity contribution in [1.29, 1.82) is 5.26 Å². The van der Waals surface area contributed by atoms with E-state index in [-0.39, 0.29) is 11.4 Å². The lowest BCUT2D eigenvalue weighted by Gasteiger charge is -2.33. The second-order valence-electron chi connectivity index (χ2n) is 7.05. The lowest BCUT2D eigenvalue weighted by atomic mass is 10.1. The number of aromatic nitrogens is 1. The molecule has 2 aromatic rings. The van der Waals surface area contributed by atoms with Crippen LogP contribution < -0.4 is 10.6 Å². The Morgan fingerprint density at radius 2 is 1.87 bits per heavy atom. The summed E-state index contributed by atoms with van der Waals surface area (Å²) >= 11 is 0. The van der Waals surface area contributed by atoms with E-state index in [4.69, 9.17) is 5.26 Å². The summed E-state index contributed by atoms with van der Waals surface area (Å²) in [6.45, 7) is 3.95. The average molecular weight is 447 g/mol. The summed E-state index contributed by atoms with van der Waals surface area (Å²) in [7, 11) is -3.20. The van der Waals surface area contributed by atoms with Gasteiger partial charge in [0.2, 0.25) is 10.0 Å². The van der Waals surface area contributed by atoms with Crippen LogP contribution in [-0.2, 0) is 16.6 Å². The number of carbonyl (C=O) groups is 1. The summed E-state index contributed by atoms with van der Waals surface area (Å²) in [5, 5.41) is 13.9. The van der Waals surface area contributed by atoms with Crippen molar-refractivity contribution in [3.05, 3.63) is 53.6 Å². The summed E-state index contributed by atoms with van der Waals surface area (Å²) in [6.07, 6.45) is 1.35. The van der Waals surface area contributed by atoms with Crippen LogP contribution in [0.25, 0.3) is 0 Å². The van der Waals surface area contributed by atoms with Crippen molar-refractivity contribution < 1.29 is 17.6 Å². The normalized spacial score (nSPS) is 15.3. The first-order valence-electron chi connectivity index (χ1n) is 9.73. The number of nitrogens with zero attached hydrogens (tertiary/aromatic N) is 4. The molecule has 1 aromatic carbocycles. The minimum atomic E-state index is -3.20. The van der Waals surface area contributed by atoms with E-state index in [1.165, 1.54) is 28.7 Å². The molecule has 0 bridgehead atoms. The van der Waals surface area contributed by atoms with Gasteiger partial charge in [0.1, 0.15) is 17.6 Å². The summed E-state index contributed by atoms with van der Waals surface area (Å²) < 4.78 is 39.5. The molecular formula is C20H23FN6O3S. The van der Waals surface area contributed by atoms with Gasteiger partial charge in [0.05, 0.1) is 17.6 Å². The summed E-state index contributed by atoms with van der Waals surface area (Å²) in [5.74, 6) is -0.410. The van der Waals surface area contributed by atoms with Crippen molar-refractivity contribution in [3.63, 3.8) is 0 Å². The topological polar surface area (TPSA) is 118 Å². The van der Waals surface area contributed by atoms with Gasteiger partial charge in [-0.1, -0.05) is 0 Å². The Hall–Kier alpha value is -3.07. The Kier molecular flexibility index (Phi) is 7.17. The number of halogens is 1. The molecular weight excluding hydrogens is 423 g/mol. The van der Waals surface area contributed by atoms with E-state index in [0.29, 0.717) is 49.7 Å². The van der Waals surface area contributed by atoms with Gasteiger partial charge >= 0.3 is 6.03 Å². The molecule has 0 unspecified atom stereocenters. The zero-order chi connectivity index (χ0) is 22.4. The van der Waals surface area contributed by atoms with Gasteiger partial charge in [-0.15, -0.1) is 0 Å². The highest BCUT2D eigenvalue weighted by Gasteiger charge is 2.25. The van der Waals surface area contributed by atoms with E-state index in [1.807, 2.05) is 11.0 Å². The first-order valence-corrected chi connectivity index (χ1v) is 11.3. The molecule has 1 aliphatic heterocycles. The molecule has 164 valence electrons. The number of benzene rings is 1. The molecule has 0 aliphatic carbocycles. The molecule has 1 fully saturated rings. The number of urea groups is 1. The van der Waals surface area contributed by atoms with E-state index in [0.717, 1.165) is 0 Å². The van der Waals surface area contributed by atoms with E-state index < -0.39 is 21.9 Å². The van der Waals surface area contributed by atoms with Crippen LogP contribution in [0, 0.1) is 17.1 Å². The van der Waals surface area contributed by atoms with Crippen LogP contribution in [0.15, 0.2) is 36.5 Å². The van der Waals surface area contributed by atoms with Gasteiger partial charge in [-0.2, -0.15) is 9.57 Å². The number of hydrogen-bond donors (Lipinski definition) is 2. The predicted octanol–water partition coefficient (Wildman–Crippen LogP) is 2.20. The third-order valence-corrected chi connectivity index (χ3v) is 6.73. The minimum Gasteiger partial charge on any atom is -0.308 e. The van der Waals surface area contributed by atoms with Gasteiger partial charge in [-0.05, 0) is 42.8 Å². The second-order valence-corrected chi connectivity index (χ2v) is 9.30. The zero-order valence-corrected chi connectivity index (χ0v) is 17.8. The van der Waals surface area contributed by atoms with Gasteiger partial charge in [0.25, 0.3) is 0 Å². The maximum absolute atomic E-state index is 14.1. The smallest absolute Gasteiger partial charge is 0.308 e. The number of hydrogen-bond acceptors (Lipinski definition) is 6. The maximum Gasteiger partial charge on any atom is 0.323 e. The van der Waals surface area contributed by atoms with Crippen LogP contribution in [0.3, 0.4) is 0 Å². The quantitative estimate of drug-likeness (QED) is 0.702. The van der Waals surface area contributed by atoms with E-state index in [1.54, 1.807) is 19.1 Å². The van der Waals surface area contributed by atoms with Crippen LogP contribution in [0.1, 0.15) is 18.2 Å².